The van der Waals surface area contributed by atoms with Crippen molar-refractivity contribution >= 4 is 35.2 Å². The molecule has 42 heavy (non-hydrogen) atoms. The fourth-order valence-corrected chi connectivity index (χ4v) is 6.12. The number of rotatable bonds is 10. The van der Waals surface area contributed by atoms with Gasteiger partial charge in [0, 0.05) is 44.5 Å². The Morgan fingerprint density at radius 1 is 1.07 bits per heavy atom. The number of fused-ring (bicyclic) bond motifs is 2. The van der Waals surface area contributed by atoms with E-state index >= 15 is 0 Å². The fraction of sp³-hybridized carbons (Fsp3) is 0.536. The molecule has 0 radical (unpaired) electrons. The molecule has 3 aliphatic rings. The number of hydrogen-bond acceptors (Lipinski definition) is 9. The van der Waals surface area contributed by atoms with Crippen LogP contribution in [0.3, 0.4) is 0 Å². The Labute approximate surface area is 245 Å². The van der Waals surface area contributed by atoms with Crippen LogP contribution in [0, 0.1) is 11.7 Å². The van der Waals surface area contributed by atoms with E-state index in [-0.39, 0.29) is 23.2 Å². The molecule has 14 heteroatoms. The van der Waals surface area contributed by atoms with Crippen molar-refractivity contribution in [3.63, 3.8) is 0 Å². The quantitative estimate of drug-likeness (QED) is 0.310. The number of piperidine rings is 1. The Morgan fingerprint density at radius 3 is 2.26 bits per heavy atom. The Morgan fingerprint density at radius 2 is 1.74 bits per heavy atom. The van der Waals surface area contributed by atoms with Gasteiger partial charge in [0.1, 0.15) is 5.82 Å². The zero-order chi connectivity index (χ0) is 30.5. The molecule has 1 aromatic carbocycles. The summed E-state index contributed by atoms with van der Waals surface area (Å²) < 4.78 is 20.0. The first kappa shape index (κ1) is 31.5. The molecule has 0 bridgehead atoms. The molecule has 4 heterocycles. The molecule has 5 rings (SSSR count). The van der Waals surface area contributed by atoms with Gasteiger partial charge in [-0.15, -0.1) is 11.3 Å². The minimum absolute atomic E-state index is 0.0549. The van der Waals surface area contributed by atoms with Crippen molar-refractivity contribution in [2.24, 2.45) is 5.92 Å². The number of thiazole rings is 1. The minimum atomic E-state index is -2.74. The molecule has 2 fully saturated rings. The van der Waals surface area contributed by atoms with Gasteiger partial charge in [0.2, 0.25) is 5.91 Å². The predicted octanol–water partition coefficient (Wildman–Crippen LogP) is 1.95. The summed E-state index contributed by atoms with van der Waals surface area (Å²) >= 11 is 1.58. The maximum Gasteiger partial charge on any atom is 0.336 e. The van der Waals surface area contributed by atoms with Crippen LogP contribution in [0.2, 0.25) is 0 Å². The van der Waals surface area contributed by atoms with Gasteiger partial charge in [-0.3, -0.25) is 14.4 Å². The van der Waals surface area contributed by atoms with Gasteiger partial charge in [0.15, 0.2) is 5.60 Å². The van der Waals surface area contributed by atoms with E-state index in [0.717, 1.165) is 68.8 Å². The lowest BCUT2D eigenvalue weighted by molar-refractivity contribution is -0.170. The van der Waals surface area contributed by atoms with E-state index in [1.807, 2.05) is 21.9 Å². The molecule has 4 N–H and O–H groups in total. The van der Waals surface area contributed by atoms with Gasteiger partial charge in [0.05, 0.1) is 42.2 Å². The van der Waals surface area contributed by atoms with Crippen LogP contribution in [0.25, 0.3) is 0 Å². The van der Waals surface area contributed by atoms with Crippen molar-refractivity contribution in [3.05, 3.63) is 51.7 Å². The zero-order valence-electron chi connectivity index (χ0n) is 22.9. The molecule has 0 saturated carbocycles. The molecule has 3 aliphatic heterocycles. The third-order valence-electron chi connectivity index (χ3n) is 7.95. The van der Waals surface area contributed by atoms with Gasteiger partial charge in [-0.25, -0.2) is 14.2 Å². The van der Waals surface area contributed by atoms with Crippen molar-refractivity contribution in [2.45, 2.75) is 56.3 Å². The van der Waals surface area contributed by atoms with Gasteiger partial charge < -0.3 is 35.0 Å². The Bertz CT molecular complexity index is 1280. The van der Waals surface area contributed by atoms with E-state index in [9.17, 15) is 23.6 Å². The highest BCUT2D eigenvalue weighted by atomic mass is 32.1. The van der Waals surface area contributed by atoms with Crippen LogP contribution in [-0.2, 0) is 42.5 Å². The molecule has 2 saturated heterocycles. The zero-order valence-corrected chi connectivity index (χ0v) is 23.7. The number of amides is 1. The molecule has 228 valence electrons. The Kier molecular flexibility index (Phi) is 9.92. The molecule has 1 atom stereocenters. The number of carboxylic acid groups (broad SMARTS) is 3. The number of aliphatic hydroxyl groups is 1. The number of carbonyl (C=O) groups is 4. The summed E-state index contributed by atoms with van der Waals surface area (Å²) in [6.45, 7) is 4.79. The lowest BCUT2D eigenvalue weighted by Crippen LogP contribution is -2.50. The molecule has 0 aliphatic carbocycles. The number of likely N-dealkylation sites (tertiary alicyclic amines) is 2. The number of carboxylic acids is 3. The van der Waals surface area contributed by atoms with Crippen LogP contribution in [0.15, 0.2) is 29.1 Å². The second-order valence-electron chi connectivity index (χ2n) is 10.9. The van der Waals surface area contributed by atoms with Gasteiger partial charge in [-0.05, 0) is 42.5 Å². The highest BCUT2D eigenvalue weighted by Gasteiger charge is 2.44. The SMILES string of the molecule is O=C(C(Cc1cscn1)CN1CCC2(CC1)OCc1ccc(F)cc12)N1CCC1.O=C(O)CC(O)(CC(=O)O)C(=O)O. The average Bonchev–Trinajstić information content (AvgIpc) is 3.52. The van der Waals surface area contributed by atoms with E-state index < -0.39 is 36.4 Å². The first-order valence-corrected chi connectivity index (χ1v) is 14.6. The number of nitrogens with zero attached hydrogens (tertiary/aromatic N) is 3. The first-order valence-electron chi connectivity index (χ1n) is 13.6. The third kappa shape index (κ3) is 7.48. The monoisotopic (exact) mass is 607 g/mol. The molecule has 1 amide bonds. The smallest absolute Gasteiger partial charge is 0.336 e. The van der Waals surface area contributed by atoms with Crippen LogP contribution in [0.4, 0.5) is 4.39 Å². The van der Waals surface area contributed by atoms with Gasteiger partial charge in [-0.2, -0.15) is 0 Å². The van der Waals surface area contributed by atoms with E-state index in [1.54, 1.807) is 17.4 Å². The average molecular weight is 608 g/mol. The van der Waals surface area contributed by atoms with E-state index in [1.165, 1.54) is 6.07 Å². The molecule has 12 nitrogen and oxygen atoms in total. The number of aliphatic carboxylic acids is 3. The molecule has 1 spiro atoms. The lowest BCUT2D eigenvalue weighted by Gasteiger charge is -2.41. The Balaban J connectivity index is 0.000000266. The van der Waals surface area contributed by atoms with Gasteiger partial charge in [-0.1, -0.05) is 6.07 Å². The van der Waals surface area contributed by atoms with Crippen LogP contribution in [0.5, 0.6) is 0 Å². The van der Waals surface area contributed by atoms with Crippen LogP contribution in [-0.4, -0.2) is 97.3 Å². The first-order chi connectivity index (χ1) is 19.9. The molecule has 2 aromatic rings. The van der Waals surface area contributed by atoms with Gasteiger partial charge >= 0.3 is 17.9 Å². The number of ether oxygens (including phenoxy) is 1. The molecular formula is C28H34FN3O9S. The predicted molar refractivity (Wildman–Crippen MR) is 146 cm³/mol. The summed E-state index contributed by atoms with van der Waals surface area (Å²) in [5.74, 6) is -5.01. The molecule has 1 unspecified atom stereocenters. The van der Waals surface area contributed by atoms with Crippen molar-refractivity contribution in [1.29, 1.82) is 0 Å². The molecular weight excluding hydrogens is 573 g/mol. The van der Waals surface area contributed by atoms with Crippen molar-refractivity contribution in [3.8, 4) is 0 Å². The van der Waals surface area contributed by atoms with E-state index in [2.05, 4.69) is 9.88 Å². The second kappa shape index (κ2) is 13.2. The summed E-state index contributed by atoms with van der Waals surface area (Å²) in [5, 5.41) is 35.9. The molecule has 1 aromatic heterocycles. The largest absolute Gasteiger partial charge is 0.481 e. The van der Waals surface area contributed by atoms with Crippen molar-refractivity contribution < 1.29 is 48.7 Å². The minimum Gasteiger partial charge on any atom is -0.481 e. The van der Waals surface area contributed by atoms with E-state index in [0.29, 0.717) is 13.0 Å². The van der Waals surface area contributed by atoms with Crippen LogP contribution >= 0.6 is 11.3 Å². The summed E-state index contributed by atoms with van der Waals surface area (Å²) in [4.78, 5) is 52.2. The highest BCUT2D eigenvalue weighted by Crippen LogP contribution is 2.44. The summed E-state index contributed by atoms with van der Waals surface area (Å²) in [6.07, 6.45) is 1.19. The second-order valence-corrected chi connectivity index (χ2v) is 11.6. The maximum atomic E-state index is 13.8. The standard InChI is InChI=1S/C22H26FN3O2S.C6H8O7/c23-18-3-2-16-13-28-22(20(16)11-18)4-8-25(9-5-22)12-17(10-19-14-29-15-24-19)21(27)26-6-1-7-26;7-3(8)1-6(13,5(11)12)2-4(9)10/h2-3,11,14-15,17H,1,4-10,12-13H2;13H,1-2H2,(H,7,8)(H,9,10)(H,11,12). The lowest BCUT2D eigenvalue weighted by atomic mass is 9.83. The number of benzene rings is 1. The van der Waals surface area contributed by atoms with Crippen LogP contribution in [0.1, 0.15) is 48.9 Å². The number of carbonyl (C=O) groups excluding carboxylic acids is 1. The van der Waals surface area contributed by atoms with Crippen molar-refractivity contribution in [1.82, 2.24) is 14.8 Å². The van der Waals surface area contributed by atoms with Gasteiger partial charge in [0.25, 0.3) is 0 Å². The third-order valence-corrected chi connectivity index (χ3v) is 8.59. The maximum absolute atomic E-state index is 13.8. The fourth-order valence-electron chi connectivity index (χ4n) is 5.54. The number of hydrogen-bond donors (Lipinski definition) is 4. The summed E-state index contributed by atoms with van der Waals surface area (Å²) in [6, 6.07) is 5.01. The van der Waals surface area contributed by atoms with Crippen LogP contribution < -0.4 is 0 Å². The highest BCUT2D eigenvalue weighted by molar-refractivity contribution is 7.07. The topological polar surface area (TPSA) is 178 Å². The normalized spacial score (nSPS) is 18.4. The number of halogens is 1. The van der Waals surface area contributed by atoms with E-state index in [4.69, 9.17) is 25.2 Å². The number of aromatic nitrogens is 1. The summed E-state index contributed by atoms with van der Waals surface area (Å²) in [5.41, 5.74) is 1.87. The van der Waals surface area contributed by atoms with Crippen molar-refractivity contribution in [2.75, 3.05) is 32.7 Å². The summed E-state index contributed by atoms with van der Waals surface area (Å²) in [7, 11) is 0. The Hall–Kier alpha value is -3.46.